The fourth-order valence-electron chi connectivity index (χ4n) is 0.128. The molecule has 0 aliphatic carbocycles. The van der Waals surface area contributed by atoms with Crippen molar-refractivity contribution in [2.75, 3.05) is 0 Å². The number of amides is 2. The maximum atomic E-state index is 10.3. The fraction of sp³-hybridized carbons (Fsp3) is 0. The van der Waals surface area contributed by atoms with Gasteiger partial charge in [-0.25, -0.2) is 4.79 Å². The Hall–Kier alpha value is -0.210. The number of carbonyl (C=O) groups excluding carboxylic acids is 2. The molecule has 0 bridgehead atoms. The molecule has 0 fully saturated rings. The van der Waals surface area contributed by atoms with Crippen LogP contribution in [0.3, 0.4) is 0 Å². The van der Waals surface area contributed by atoms with Gasteiger partial charge in [0.2, 0.25) is 0 Å². The predicted octanol–water partition coefficient (Wildman–Crippen LogP) is 0.669. The largest absolute Gasteiger partial charge is 0.454 e. The van der Waals surface area contributed by atoms with Gasteiger partial charge in [-0.05, 0) is 25.6 Å². The van der Waals surface area contributed by atoms with Gasteiger partial charge in [0.1, 0.15) is 0 Å². The van der Waals surface area contributed by atoms with Crippen LogP contribution in [0.15, 0.2) is 0 Å². The molecule has 2 amide bonds. The molecule has 0 atom stereocenters. The molecule has 0 heterocycles. The standard InChI is InChI=1S/C2H4N2O3S3/c5-1(8)3-7-2(6)4(9)10/h9-10H,(H2,3,5,8). The van der Waals surface area contributed by atoms with E-state index in [0.29, 0.717) is 3.71 Å². The Balaban J connectivity index is 3.50. The molecule has 0 radical (unpaired) electrons. The van der Waals surface area contributed by atoms with Crippen LogP contribution in [0.5, 0.6) is 0 Å². The van der Waals surface area contributed by atoms with E-state index in [1.165, 1.54) is 0 Å². The lowest BCUT2D eigenvalue weighted by atomic mass is 11.3. The highest BCUT2D eigenvalue weighted by molar-refractivity contribution is 7.96. The molecular formula is C2H4N2O3S3. The van der Waals surface area contributed by atoms with E-state index < -0.39 is 11.3 Å². The molecule has 1 N–H and O–H groups in total. The molecule has 0 spiro atoms. The number of thiol groups is 3. The third-order valence-corrected chi connectivity index (χ3v) is 0.807. The van der Waals surface area contributed by atoms with Gasteiger partial charge in [0, 0.05) is 0 Å². The van der Waals surface area contributed by atoms with Crippen LogP contribution >= 0.6 is 38.3 Å². The summed E-state index contributed by atoms with van der Waals surface area (Å²) in [5, 5.41) is -0.781. The van der Waals surface area contributed by atoms with Crippen molar-refractivity contribution in [3.8, 4) is 0 Å². The summed E-state index contributed by atoms with van der Waals surface area (Å²) in [4.78, 5) is 24.4. The van der Waals surface area contributed by atoms with Crippen molar-refractivity contribution < 1.29 is 14.4 Å². The Morgan fingerprint density at radius 2 is 1.90 bits per heavy atom. The number of nitrogens with zero attached hydrogens (tertiary/aromatic N) is 1. The SMILES string of the molecule is O=C(S)NOC(=O)N(S)S. The van der Waals surface area contributed by atoms with Crippen molar-refractivity contribution in [2.45, 2.75) is 0 Å². The molecule has 0 rings (SSSR count). The molecule has 58 valence electrons. The fourth-order valence-corrected chi connectivity index (χ4v) is 0.255. The minimum Gasteiger partial charge on any atom is -0.319 e. The van der Waals surface area contributed by atoms with E-state index in [-0.39, 0.29) is 0 Å². The summed E-state index contributed by atoms with van der Waals surface area (Å²) in [5.74, 6) is 0. The van der Waals surface area contributed by atoms with E-state index in [9.17, 15) is 9.59 Å². The van der Waals surface area contributed by atoms with Crippen LogP contribution in [-0.2, 0) is 4.84 Å². The van der Waals surface area contributed by atoms with Gasteiger partial charge in [0.15, 0.2) is 0 Å². The summed E-state index contributed by atoms with van der Waals surface area (Å²) in [6, 6.07) is 0. The first-order valence-electron chi connectivity index (χ1n) is 1.91. The van der Waals surface area contributed by atoms with E-state index in [1.54, 1.807) is 5.48 Å². The molecule has 0 aliphatic heterocycles. The van der Waals surface area contributed by atoms with Crippen molar-refractivity contribution in [1.29, 1.82) is 0 Å². The second-order valence-corrected chi connectivity index (χ2v) is 2.59. The number of hydrogen-bond acceptors (Lipinski definition) is 5. The molecular weight excluding hydrogens is 196 g/mol. The summed E-state index contributed by atoms with van der Waals surface area (Å²) in [6.07, 6.45) is -0.922. The van der Waals surface area contributed by atoms with Crippen molar-refractivity contribution in [2.24, 2.45) is 0 Å². The first-order valence-corrected chi connectivity index (χ1v) is 3.16. The van der Waals surface area contributed by atoms with Crippen molar-refractivity contribution in [1.82, 2.24) is 9.19 Å². The Labute approximate surface area is 73.5 Å². The number of hydroxylamine groups is 1. The lowest BCUT2D eigenvalue weighted by Gasteiger charge is -2.05. The molecule has 0 aromatic rings. The van der Waals surface area contributed by atoms with Gasteiger partial charge in [-0.3, -0.25) is 4.79 Å². The molecule has 10 heavy (non-hydrogen) atoms. The van der Waals surface area contributed by atoms with Crippen LogP contribution < -0.4 is 5.48 Å². The normalized spacial score (nSPS) is 8.30. The predicted molar refractivity (Wildman–Crippen MR) is 43.8 cm³/mol. The molecule has 0 aromatic carbocycles. The van der Waals surface area contributed by atoms with Crippen LogP contribution in [0.25, 0.3) is 0 Å². The molecule has 8 heteroatoms. The highest BCUT2D eigenvalue weighted by atomic mass is 32.2. The number of rotatable bonds is 0. The zero-order chi connectivity index (χ0) is 8.15. The molecule has 0 saturated carbocycles. The third-order valence-electron chi connectivity index (χ3n) is 0.389. The Morgan fingerprint density at radius 3 is 2.20 bits per heavy atom. The number of hydrogen-bond donors (Lipinski definition) is 4. The van der Waals surface area contributed by atoms with Crippen LogP contribution in [0.1, 0.15) is 0 Å². The summed E-state index contributed by atoms with van der Waals surface area (Å²) in [5.41, 5.74) is 1.66. The maximum Gasteiger partial charge on any atom is 0.454 e. The van der Waals surface area contributed by atoms with Gasteiger partial charge < -0.3 is 4.84 Å². The average molecular weight is 200 g/mol. The van der Waals surface area contributed by atoms with E-state index in [1.807, 2.05) is 0 Å². The third kappa shape index (κ3) is 4.65. The topological polar surface area (TPSA) is 58.6 Å². The van der Waals surface area contributed by atoms with E-state index >= 15 is 0 Å². The van der Waals surface area contributed by atoms with E-state index in [0.717, 1.165) is 0 Å². The Morgan fingerprint density at radius 1 is 1.40 bits per heavy atom. The zero-order valence-electron chi connectivity index (χ0n) is 4.51. The van der Waals surface area contributed by atoms with Crippen LogP contribution in [0.4, 0.5) is 9.59 Å². The van der Waals surface area contributed by atoms with Gasteiger partial charge >= 0.3 is 11.3 Å². The lowest BCUT2D eigenvalue weighted by molar-refractivity contribution is 0.105. The minimum atomic E-state index is -0.922. The first-order chi connectivity index (χ1) is 4.54. The van der Waals surface area contributed by atoms with Crippen molar-refractivity contribution >= 4 is 49.6 Å². The van der Waals surface area contributed by atoms with Gasteiger partial charge in [0.25, 0.3) is 0 Å². The van der Waals surface area contributed by atoms with Gasteiger partial charge in [-0.15, -0.1) is 0 Å². The molecule has 0 aromatic heterocycles. The van der Waals surface area contributed by atoms with Crippen LogP contribution in [-0.4, -0.2) is 15.0 Å². The average Bonchev–Trinajstić information content (AvgIpc) is 1.82. The molecule has 5 nitrogen and oxygen atoms in total. The highest BCUT2D eigenvalue weighted by Crippen LogP contribution is 1.98. The van der Waals surface area contributed by atoms with Gasteiger partial charge in [0.05, 0.1) is 0 Å². The van der Waals surface area contributed by atoms with E-state index in [4.69, 9.17) is 0 Å². The summed E-state index contributed by atoms with van der Waals surface area (Å²) < 4.78 is 0.559. The quantitative estimate of drug-likeness (QED) is 0.343. The maximum absolute atomic E-state index is 10.3. The second kappa shape index (κ2) is 4.58. The first kappa shape index (κ1) is 9.79. The second-order valence-electron chi connectivity index (χ2n) is 1.06. The molecule has 0 saturated heterocycles. The van der Waals surface area contributed by atoms with Gasteiger partial charge in [-0.1, -0.05) is 12.6 Å². The summed E-state index contributed by atoms with van der Waals surface area (Å²) in [7, 11) is 0. The Kier molecular flexibility index (Phi) is 4.49. The van der Waals surface area contributed by atoms with Crippen LogP contribution in [0, 0.1) is 0 Å². The van der Waals surface area contributed by atoms with Crippen molar-refractivity contribution in [3.05, 3.63) is 0 Å². The van der Waals surface area contributed by atoms with Crippen molar-refractivity contribution in [3.63, 3.8) is 0 Å². The lowest BCUT2D eigenvalue weighted by Crippen LogP contribution is -2.25. The van der Waals surface area contributed by atoms with E-state index in [2.05, 4.69) is 43.1 Å². The smallest absolute Gasteiger partial charge is 0.319 e. The Bertz CT molecular complexity index is 149. The minimum absolute atomic E-state index is 0.559. The number of nitrogens with one attached hydrogen (secondary N) is 1. The summed E-state index contributed by atoms with van der Waals surface area (Å²) >= 11 is 10.1. The molecule has 0 aliphatic rings. The number of carbonyl (C=O) groups is 2. The molecule has 0 unspecified atom stereocenters. The van der Waals surface area contributed by atoms with Gasteiger partial charge in [-0.2, -0.15) is 9.19 Å². The zero-order valence-corrected chi connectivity index (χ0v) is 7.20. The summed E-state index contributed by atoms with van der Waals surface area (Å²) in [6.45, 7) is 0. The monoisotopic (exact) mass is 200 g/mol. The highest BCUT2D eigenvalue weighted by Gasteiger charge is 2.06. The van der Waals surface area contributed by atoms with Crippen LogP contribution in [0.2, 0.25) is 0 Å².